The van der Waals surface area contributed by atoms with E-state index >= 15 is 0 Å². The first-order chi connectivity index (χ1) is 7.60. The fourth-order valence-electron chi connectivity index (χ4n) is 1.94. The zero-order valence-electron chi connectivity index (χ0n) is 11.7. The van der Waals surface area contributed by atoms with Crippen LogP contribution in [-0.2, 0) is 0 Å². The van der Waals surface area contributed by atoms with Gasteiger partial charge in [-0.3, -0.25) is 0 Å². The van der Waals surface area contributed by atoms with Gasteiger partial charge in [0, 0.05) is 18.6 Å². The van der Waals surface area contributed by atoms with Crippen molar-refractivity contribution in [3.05, 3.63) is 0 Å². The maximum absolute atomic E-state index is 9.41. The van der Waals surface area contributed by atoms with Crippen LogP contribution in [0.4, 0.5) is 0 Å². The van der Waals surface area contributed by atoms with Crippen LogP contribution < -0.4 is 5.32 Å². The largest absolute Gasteiger partial charge is 0.396 e. The van der Waals surface area contributed by atoms with E-state index in [2.05, 4.69) is 33.0 Å². The molecule has 0 heterocycles. The molecule has 98 valence electrons. The van der Waals surface area contributed by atoms with Crippen molar-refractivity contribution in [2.45, 2.75) is 59.8 Å². The number of hydrogen-bond acceptors (Lipinski definition) is 2. The van der Waals surface area contributed by atoms with Crippen molar-refractivity contribution in [3.8, 4) is 0 Å². The molecule has 0 unspecified atom stereocenters. The summed E-state index contributed by atoms with van der Waals surface area (Å²) in [5, 5.41) is 12.9. The van der Waals surface area contributed by atoms with Gasteiger partial charge in [-0.2, -0.15) is 0 Å². The summed E-state index contributed by atoms with van der Waals surface area (Å²) >= 11 is 0. The Hall–Kier alpha value is -0.0800. The molecule has 0 saturated heterocycles. The van der Waals surface area contributed by atoms with Crippen molar-refractivity contribution < 1.29 is 5.11 Å². The molecule has 16 heavy (non-hydrogen) atoms. The molecule has 0 saturated carbocycles. The summed E-state index contributed by atoms with van der Waals surface area (Å²) in [7, 11) is 0. The van der Waals surface area contributed by atoms with Crippen LogP contribution in [0.2, 0.25) is 0 Å². The first kappa shape index (κ1) is 15.9. The summed E-state index contributed by atoms with van der Waals surface area (Å²) in [5.41, 5.74) is 0.109. The Labute approximate surface area is 102 Å². The van der Waals surface area contributed by atoms with Crippen molar-refractivity contribution in [1.29, 1.82) is 0 Å². The lowest BCUT2D eigenvalue weighted by atomic mass is 9.83. The second kappa shape index (κ2) is 9.00. The van der Waals surface area contributed by atoms with Crippen LogP contribution >= 0.6 is 0 Å². The van der Waals surface area contributed by atoms with Gasteiger partial charge in [0.25, 0.3) is 0 Å². The number of rotatable bonds is 10. The highest BCUT2D eigenvalue weighted by molar-refractivity contribution is 4.77. The van der Waals surface area contributed by atoms with E-state index in [0.717, 1.165) is 31.8 Å². The van der Waals surface area contributed by atoms with E-state index in [-0.39, 0.29) is 5.41 Å². The van der Waals surface area contributed by atoms with Gasteiger partial charge in [0.05, 0.1) is 0 Å². The van der Waals surface area contributed by atoms with Gasteiger partial charge in [0.2, 0.25) is 0 Å². The third-order valence-corrected chi connectivity index (χ3v) is 3.72. The molecule has 0 aromatic carbocycles. The third kappa shape index (κ3) is 6.49. The highest BCUT2D eigenvalue weighted by Crippen LogP contribution is 2.24. The number of nitrogens with one attached hydrogen (secondary N) is 1. The molecule has 2 nitrogen and oxygen atoms in total. The molecule has 0 amide bonds. The SMILES string of the molecule is CCC(CC)(CO)CNCCCCC(C)C. The molecule has 2 heteroatoms. The van der Waals surface area contributed by atoms with Gasteiger partial charge in [-0.1, -0.05) is 40.5 Å². The molecule has 0 fully saturated rings. The molecule has 0 aliphatic heterocycles. The fourth-order valence-corrected chi connectivity index (χ4v) is 1.94. The maximum atomic E-state index is 9.41. The van der Waals surface area contributed by atoms with Crippen molar-refractivity contribution in [2.75, 3.05) is 19.7 Å². The number of hydrogen-bond donors (Lipinski definition) is 2. The molecule has 0 aromatic heterocycles. The van der Waals surface area contributed by atoms with E-state index < -0.39 is 0 Å². The molecule has 0 atom stereocenters. The van der Waals surface area contributed by atoms with Gasteiger partial charge in [-0.25, -0.2) is 0 Å². The van der Waals surface area contributed by atoms with Gasteiger partial charge in [0.1, 0.15) is 0 Å². The molecule has 0 spiro atoms. The molecule has 0 radical (unpaired) electrons. The standard InChI is InChI=1S/C14H31NO/c1-5-14(6-2,12-16)11-15-10-8-7-9-13(3)4/h13,15-16H,5-12H2,1-4H3. The molecular weight excluding hydrogens is 198 g/mol. The van der Waals surface area contributed by atoms with Crippen molar-refractivity contribution in [3.63, 3.8) is 0 Å². The predicted octanol–water partition coefficient (Wildman–Crippen LogP) is 3.20. The van der Waals surface area contributed by atoms with Crippen molar-refractivity contribution >= 4 is 0 Å². The van der Waals surface area contributed by atoms with Crippen molar-refractivity contribution in [1.82, 2.24) is 5.32 Å². The number of aliphatic hydroxyl groups excluding tert-OH is 1. The Kier molecular flexibility index (Phi) is 8.96. The zero-order valence-corrected chi connectivity index (χ0v) is 11.7. The highest BCUT2D eigenvalue weighted by Gasteiger charge is 2.24. The summed E-state index contributed by atoms with van der Waals surface area (Å²) in [5.74, 6) is 0.822. The second-order valence-corrected chi connectivity index (χ2v) is 5.43. The molecule has 2 N–H and O–H groups in total. The lowest BCUT2D eigenvalue weighted by Crippen LogP contribution is -2.36. The molecular formula is C14H31NO. The fraction of sp³-hybridized carbons (Fsp3) is 1.00. The van der Waals surface area contributed by atoms with E-state index in [1.807, 2.05) is 0 Å². The van der Waals surface area contributed by atoms with Crippen LogP contribution in [-0.4, -0.2) is 24.8 Å². The van der Waals surface area contributed by atoms with Crippen LogP contribution in [0.25, 0.3) is 0 Å². The Morgan fingerprint density at radius 3 is 2.19 bits per heavy atom. The molecule has 0 aliphatic rings. The molecule has 0 rings (SSSR count). The molecule has 0 aliphatic carbocycles. The summed E-state index contributed by atoms with van der Waals surface area (Å²) < 4.78 is 0. The van der Waals surface area contributed by atoms with Gasteiger partial charge >= 0.3 is 0 Å². The maximum Gasteiger partial charge on any atom is 0.0499 e. The minimum absolute atomic E-state index is 0.109. The van der Waals surface area contributed by atoms with E-state index in [1.54, 1.807) is 0 Å². The minimum Gasteiger partial charge on any atom is -0.396 e. The lowest BCUT2D eigenvalue weighted by Gasteiger charge is -2.29. The predicted molar refractivity (Wildman–Crippen MR) is 71.7 cm³/mol. The van der Waals surface area contributed by atoms with Gasteiger partial charge in [0.15, 0.2) is 0 Å². The summed E-state index contributed by atoms with van der Waals surface area (Å²) in [6, 6.07) is 0. The average molecular weight is 229 g/mol. The van der Waals surface area contributed by atoms with E-state index in [1.165, 1.54) is 19.3 Å². The number of aliphatic hydroxyl groups is 1. The average Bonchev–Trinajstić information content (AvgIpc) is 2.29. The monoisotopic (exact) mass is 229 g/mol. The first-order valence-electron chi connectivity index (χ1n) is 6.91. The summed E-state index contributed by atoms with van der Waals surface area (Å²) in [6.07, 6.45) is 6.01. The van der Waals surface area contributed by atoms with Crippen molar-refractivity contribution in [2.24, 2.45) is 11.3 Å². The molecule has 0 bridgehead atoms. The minimum atomic E-state index is 0.109. The van der Waals surface area contributed by atoms with Gasteiger partial charge in [-0.05, 0) is 31.7 Å². The third-order valence-electron chi connectivity index (χ3n) is 3.72. The highest BCUT2D eigenvalue weighted by atomic mass is 16.3. The Morgan fingerprint density at radius 1 is 1.12 bits per heavy atom. The van der Waals surface area contributed by atoms with Gasteiger partial charge in [-0.15, -0.1) is 0 Å². The first-order valence-corrected chi connectivity index (χ1v) is 6.91. The van der Waals surface area contributed by atoms with Crippen LogP contribution in [0.5, 0.6) is 0 Å². The van der Waals surface area contributed by atoms with Crippen LogP contribution in [0, 0.1) is 11.3 Å². The Bertz CT molecular complexity index is 145. The Balaban J connectivity index is 3.55. The van der Waals surface area contributed by atoms with Crippen LogP contribution in [0.15, 0.2) is 0 Å². The van der Waals surface area contributed by atoms with E-state index in [4.69, 9.17) is 0 Å². The topological polar surface area (TPSA) is 32.3 Å². The van der Waals surface area contributed by atoms with E-state index in [0.29, 0.717) is 6.61 Å². The van der Waals surface area contributed by atoms with Crippen LogP contribution in [0.3, 0.4) is 0 Å². The quantitative estimate of drug-likeness (QED) is 0.564. The normalized spacial score (nSPS) is 12.4. The van der Waals surface area contributed by atoms with Gasteiger partial charge < -0.3 is 10.4 Å². The lowest BCUT2D eigenvalue weighted by molar-refractivity contribution is 0.113. The summed E-state index contributed by atoms with van der Waals surface area (Å²) in [4.78, 5) is 0. The molecule has 0 aromatic rings. The second-order valence-electron chi connectivity index (χ2n) is 5.43. The van der Waals surface area contributed by atoms with Crippen LogP contribution in [0.1, 0.15) is 59.8 Å². The Morgan fingerprint density at radius 2 is 1.75 bits per heavy atom. The van der Waals surface area contributed by atoms with E-state index in [9.17, 15) is 5.11 Å². The number of unbranched alkanes of at least 4 members (excludes halogenated alkanes) is 1. The summed E-state index contributed by atoms with van der Waals surface area (Å²) in [6.45, 7) is 11.2. The smallest absolute Gasteiger partial charge is 0.0499 e. The zero-order chi connectivity index (χ0) is 12.4.